The van der Waals surface area contributed by atoms with Gasteiger partial charge in [-0.2, -0.15) is 9.41 Å². The fraction of sp³-hybridized carbons (Fsp3) is 0.290. The number of halogens is 2. The topological polar surface area (TPSA) is 79.3 Å². The van der Waals surface area contributed by atoms with E-state index in [-0.39, 0.29) is 22.8 Å². The van der Waals surface area contributed by atoms with E-state index in [1.807, 2.05) is 36.4 Å². The third kappa shape index (κ3) is 5.85. The van der Waals surface area contributed by atoms with Gasteiger partial charge in [0.2, 0.25) is 10.0 Å². The number of carbonyl (C=O) groups is 1. The largest absolute Gasteiger partial charge is 0.379 e. The molecule has 2 heterocycles. The number of hydrazone groups is 1. The van der Waals surface area contributed by atoms with Crippen LogP contribution in [0.3, 0.4) is 0 Å². The van der Waals surface area contributed by atoms with Gasteiger partial charge in [-0.15, -0.1) is 0 Å². The van der Waals surface area contributed by atoms with Gasteiger partial charge in [-0.05, 0) is 90.6 Å². The second-order valence-corrected chi connectivity index (χ2v) is 14.2. The summed E-state index contributed by atoms with van der Waals surface area (Å²) in [6, 6.07) is 22.2. The molecule has 3 aliphatic rings. The number of hydrogen-bond acceptors (Lipinski definition) is 5. The molecule has 1 amide bonds. The van der Waals surface area contributed by atoms with Gasteiger partial charge in [-0.3, -0.25) is 4.79 Å². The van der Waals surface area contributed by atoms with Gasteiger partial charge in [-0.1, -0.05) is 56.1 Å². The minimum Gasteiger partial charge on any atom is -0.379 e. The van der Waals surface area contributed by atoms with Crippen molar-refractivity contribution >= 4 is 59.6 Å². The van der Waals surface area contributed by atoms with Crippen molar-refractivity contribution in [2.75, 3.05) is 26.3 Å². The van der Waals surface area contributed by atoms with Gasteiger partial charge in [0.15, 0.2) is 0 Å². The minimum atomic E-state index is -3.65. The summed E-state index contributed by atoms with van der Waals surface area (Å²) < 4.78 is 34.9. The van der Waals surface area contributed by atoms with Crippen molar-refractivity contribution in [3.8, 4) is 0 Å². The van der Waals surface area contributed by atoms with Crippen molar-refractivity contribution in [2.45, 2.75) is 30.2 Å². The van der Waals surface area contributed by atoms with Crippen LogP contribution in [0.4, 0.5) is 0 Å². The zero-order chi connectivity index (χ0) is 28.6. The van der Waals surface area contributed by atoms with Gasteiger partial charge < -0.3 is 4.74 Å². The Morgan fingerprint density at radius 2 is 1.54 bits per heavy atom. The lowest BCUT2D eigenvalue weighted by molar-refractivity contribution is 0.0680. The summed E-state index contributed by atoms with van der Waals surface area (Å²) in [5.41, 5.74) is 4.60. The summed E-state index contributed by atoms with van der Waals surface area (Å²) in [5.74, 6) is -0.185. The van der Waals surface area contributed by atoms with Crippen LogP contribution in [0.5, 0.6) is 0 Å². The van der Waals surface area contributed by atoms with E-state index in [9.17, 15) is 13.2 Å². The maximum absolute atomic E-state index is 14.0. The highest BCUT2D eigenvalue weighted by Crippen LogP contribution is 2.45. The molecule has 6 rings (SSSR count). The smallest absolute Gasteiger partial charge is 0.274 e. The van der Waals surface area contributed by atoms with Crippen molar-refractivity contribution in [3.63, 3.8) is 0 Å². The van der Waals surface area contributed by atoms with E-state index >= 15 is 0 Å². The normalized spacial score (nSPS) is 22.4. The maximum Gasteiger partial charge on any atom is 0.274 e. The van der Waals surface area contributed by atoms with E-state index in [0.717, 1.165) is 50.6 Å². The molecule has 0 radical (unpaired) electrons. The summed E-state index contributed by atoms with van der Waals surface area (Å²) in [4.78, 5) is 14.2. The Morgan fingerprint density at radius 3 is 2.20 bits per heavy atom. The minimum absolute atomic E-state index is 0.0662. The van der Waals surface area contributed by atoms with E-state index < -0.39 is 10.0 Å². The van der Waals surface area contributed by atoms with Gasteiger partial charge >= 0.3 is 0 Å². The summed E-state index contributed by atoms with van der Waals surface area (Å²) in [7, 11) is -3.65. The van der Waals surface area contributed by atoms with Crippen LogP contribution in [0.2, 0.25) is 0 Å². The number of amides is 1. The molecule has 41 heavy (non-hydrogen) atoms. The van der Waals surface area contributed by atoms with Crippen molar-refractivity contribution in [3.05, 3.63) is 104 Å². The molecule has 0 unspecified atom stereocenters. The molecule has 1 saturated heterocycles. The first-order chi connectivity index (χ1) is 19.8. The molecule has 1 saturated carbocycles. The molecule has 2 fully saturated rings. The Morgan fingerprint density at radius 1 is 0.902 bits per heavy atom. The van der Waals surface area contributed by atoms with Crippen LogP contribution in [0.1, 0.15) is 46.8 Å². The fourth-order valence-corrected chi connectivity index (χ4v) is 7.70. The van der Waals surface area contributed by atoms with E-state index in [4.69, 9.17) is 9.84 Å². The number of nitrogens with zero attached hydrogens (tertiary/aromatic N) is 3. The molecule has 2 aliphatic heterocycles. The third-order valence-electron chi connectivity index (χ3n) is 7.84. The molecule has 2 atom stereocenters. The van der Waals surface area contributed by atoms with Crippen molar-refractivity contribution in [1.82, 2.24) is 9.31 Å². The Balaban J connectivity index is 1.34. The van der Waals surface area contributed by atoms with Crippen LogP contribution < -0.4 is 0 Å². The van der Waals surface area contributed by atoms with Gasteiger partial charge in [0.1, 0.15) is 0 Å². The molecular weight excluding hydrogens is 670 g/mol. The van der Waals surface area contributed by atoms with Gasteiger partial charge in [0.05, 0.1) is 29.9 Å². The Hall–Kier alpha value is -2.63. The molecule has 0 spiro atoms. The Bertz CT molecular complexity index is 1600. The Kier molecular flexibility index (Phi) is 8.29. The first-order valence-corrected chi connectivity index (χ1v) is 16.7. The second kappa shape index (κ2) is 11.9. The fourth-order valence-electron chi connectivity index (χ4n) is 5.76. The number of ether oxygens (including phenoxy) is 1. The Labute approximate surface area is 257 Å². The summed E-state index contributed by atoms with van der Waals surface area (Å²) in [5, 5.41) is 6.58. The number of rotatable bonds is 5. The zero-order valence-electron chi connectivity index (χ0n) is 22.2. The quantitative estimate of drug-likeness (QED) is 0.298. The van der Waals surface area contributed by atoms with Gasteiger partial charge in [-0.25, -0.2) is 13.4 Å². The van der Waals surface area contributed by atoms with Gasteiger partial charge in [0.25, 0.3) is 5.91 Å². The van der Waals surface area contributed by atoms with E-state index in [1.165, 1.54) is 16.4 Å². The highest BCUT2D eigenvalue weighted by Gasteiger charge is 2.44. The van der Waals surface area contributed by atoms with Crippen molar-refractivity contribution in [2.24, 2.45) is 11.0 Å². The summed E-state index contributed by atoms with van der Waals surface area (Å²) in [6.45, 7) is 1.39. The van der Waals surface area contributed by atoms with Gasteiger partial charge in [0, 0.05) is 33.5 Å². The first-order valence-electron chi connectivity index (χ1n) is 13.6. The number of fused-ring (bicyclic) bond motifs is 1. The van der Waals surface area contributed by atoms with E-state index in [1.54, 1.807) is 17.1 Å². The number of hydrogen-bond donors (Lipinski definition) is 0. The monoisotopic (exact) mass is 697 g/mol. The predicted molar refractivity (Wildman–Crippen MR) is 166 cm³/mol. The molecule has 212 valence electrons. The summed E-state index contributed by atoms with van der Waals surface area (Å²) in [6.07, 6.45) is 5.01. The number of carbonyl (C=O) groups excluding carboxylic acids is 1. The first kappa shape index (κ1) is 28.5. The number of benzene rings is 3. The molecule has 7 nitrogen and oxygen atoms in total. The standard InChI is InChI=1S/C31H29Br2N3O4S/c32-25-10-4-21(5-11-25)20-24-2-1-3-28-29(24)34-36(30(28)22-6-12-26(33)13-7-22)31(37)23-8-14-27(15-9-23)41(38,39)35-16-18-40-19-17-35/h4-15,20,28,30H,1-3,16-19H2/b24-20+/t28-,30-/m0/s1. The molecule has 10 heteroatoms. The molecule has 0 aromatic heterocycles. The summed E-state index contributed by atoms with van der Waals surface area (Å²) >= 11 is 7.03. The number of sulfonamides is 1. The molecule has 1 aliphatic carbocycles. The lowest BCUT2D eigenvalue weighted by Crippen LogP contribution is -2.40. The molecule has 0 N–H and O–H groups in total. The SMILES string of the molecule is O=C(c1ccc(S(=O)(=O)N2CCOCC2)cc1)N1N=C2/C(=C/c3ccc(Br)cc3)CCC[C@@H]2[C@@H]1c1ccc(Br)cc1. The lowest BCUT2D eigenvalue weighted by atomic mass is 9.77. The van der Waals surface area contributed by atoms with Crippen LogP contribution in [-0.2, 0) is 14.8 Å². The van der Waals surface area contributed by atoms with Crippen molar-refractivity contribution < 1.29 is 17.9 Å². The average Bonchev–Trinajstić information content (AvgIpc) is 3.39. The molecule has 3 aromatic rings. The van der Waals surface area contributed by atoms with Crippen LogP contribution >= 0.6 is 31.9 Å². The second-order valence-electron chi connectivity index (χ2n) is 10.4. The van der Waals surface area contributed by atoms with E-state index in [0.29, 0.717) is 31.9 Å². The predicted octanol–water partition coefficient (Wildman–Crippen LogP) is 6.67. The number of allylic oxidation sites excluding steroid dienone is 1. The highest BCUT2D eigenvalue weighted by atomic mass is 79.9. The van der Waals surface area contributed by atoms with Crippen LogP contribution in [0.15, 0.2) is 97.3 Å². The molecule has 0 bridgehead atoms. The zero-order valence-corrected chi connectivity index (χ0v) is 26.2. The third-order valence-corrected chi connectivity index (χ3v) is 10.8. The lowest BCUT2D eigenvalue weighted by Gasteiger charge is -2.30. The van der Waals surface area contributed by atoms with E-state index in [2.05, 4.69) is 50.1 Å². The molecule has 3 aromatic carbocycles. The average molecular weight is 699 g/mol. The van der Waals surface area contributed by atoms with Crippen LogP contribution in [0.25, 0.3) is 6.08 Å². The maximum atomic E-state index is 14.0. The van der Waals surface area contributed by atoms with Crippen LogP contribution in [-0.4, -0.2) is 55.7 Å². The highest BCUT2D eigenvalue weighted by molar-refractivity contribution is 9.10. The number of morpholine rings is 1. The van der Waals surface area contributed by atoms with Crippen molar-refractivity contribution in [1.29, 1.82) is 0 Å². The van der Waals surface area contributed by atoms with Crippen LogP contribution in [0, 0.1) is 5.92 Å². The molecular formula is C31H29Br2N3O4S.